The molecule has 0 fully saturated rings. The minimum Gasteiger partial charge on any atom is -0.320 e. The van der Waals surface area contributed by atoms with Gasteiger partial charge in [-0.25, -0.2) is 13.4 Å². The molecule has 0 unspecified atom stereocenters. The monoisotopic (exact) mass is 321 g/mol. The first-order valence-corrected chi connectivity index (χ1v) is 8.47. The Morgan fingerprint density at radius 1 is 1.38 bits per heavy atom. The van der Waals surface area contributed by atoms with Crippen molar-refractivity contribution >= 4 is 27.0 Å². The Bertz CT molecular complexity index is 814. The Kier molecular flexibility index (Phi) is 4.63. The van der Waals surface area contributed by atoms with E-state index in [4.69, 9.17) is 5.73 Å². The first-order valence-electron chi connectivity index (χ1n) is 6.17. The number of aromatic nitrogens is 1. The number of nitrogens with one attached hydrogen (secondary N) is 1. The van der Waals surface area contributed by atoms with Crippen LogP contribution in [-0.4, -0.2) is 19.9 Å². The Balaban J connectivity index is 2.39. The van der Waals surface area contributed by atoms with E-state index in [1.807, 2.05) is 19.1 Å². The minimum atomic E-state index is -3.65. The molecule has 110 valence electrons. The fourth-order valence-electron chi connectivity index (χ4n) is 1.66. The molecule has 0 atom stereocenters. The zero-order valence-electron chi connectivity index (χ0n) is 11.7. The Labute approximate surface area is 128 Å². The molecule has 3 N–H and O–H groups in total. The number of benzene rings is 1. The summed E-state index contributed by atoms with van der Waals surface area (Å²) >= 11 is 1.12. The molecule has 2 aromatic rings. The number of anilines is 1. The van der Waals surface area contributed by atoms with Crippen molar-refractivity contribution in [2.75, 3.05) is 11.3 Å². The van der Waals surface area contributed by atoms with Gasteiger partial charge in [0.15, 0.2) is 4.21 Å². The summed E-state index contributed by atoms with van der Waals surface area (Å²) in [5.74, 6) is 5.61. The molecule has 1 aromatic carbocycles. The fourth-order valence-corrected chi connectivity index (χ4v) is 3.85. The molecule has 0 aliphatic rings. The number of rotatable bonds is 3. The highest BCUT2D eigenvalue weighted by molar-refractivity contribution is 7.94. The van der Waals surface area contributed by atoms with Gasteiger partial charge in [-0.2, -0.15) is 0 Å². The number of hydrogen-bond donors (Lipinski definition) is 2. The number of nitrogens with two attached hydrogens (primary N) is 1. The van der Waals surface area contributed by atoms with E-state index in [0.29, 0.717) is 16.3 Å². The molecule has 0 aliphatic heterocycles. The second kappa shape index (κ2) is 6.26. The second-order valence-electron chi connectivity index (χ2n) is 4.36. The van der Waals surface area contributed by atoms with Crippen LogP contribution in [0.4, 0.5) is 5.69 Å². The van der Waals surface area contributed by atoms with Gasteiger partial charge in [0.1, 0.15) is 0 Å². The van der Waals surface area contributed by atoms with Gasteiger partial charge in [0.2, 0.25) is 0 Å². The highest BCUT2D eigenvalue weighted by Gasteiger charge is 2.18. The average molecular weight is 321 g/mol. The zero-order chi connectivity index (χ0) is 15.5. The van der Waals surface area contributed by atoms with Gasteiger partial charge in [-0.15, -0.1) is 11.3 Å². The predicted octanol–water partition coefficient (Wildman–Crippen LogP) is 1.87. The van der Waals surface area contributed by atoms with E-state index in [-0.39, 0.29) is 10.8 Å². The molecule has 21 heavy (non-hydrogen) atoms. The first kappa shape index (κ1) is 15.5. The van der Waals surface area contributed by atoms with E-state index < -0.39 is 10.0 Å². The van der Waals surface area contributed by atoms with Gasteiger partial charge in [-0.05, 0) is 31.5 Å². The van der Waals surface area contributed by atoms with Crippen LogP contribution in [0.15, 0.2) is 28.6 Å². The van der Waals surface area contributed by atoms with Crippen LogP contribution in [0, 0.1) is 25.7 Å². The van der Waals surface area contributed by atoms with E-state index in [2.05, 4.69) is 21.5 Å². The smallest absolute Gasteiger partial charge is 0.273 e. The van der Waals surface area contributed by atoms with Crippen molar-refractivity contribution in [1.29, 1.82) is 0 Å². The van der Waals surface area contributed by atoms with Crippen LogP contribution in [0.25, 0.3) is 0 Å². The Hall–Kier alpha value is -1.88. The lowest BCUT2D eigenvalue weighted by atomic mass is 10.1. The summed E-state index contributed by atoms with van der Waals surface area (Å²) in [6, 6.07) is 5.34. The maximum Gasteiger partial charge on any atom is 0.273 e. The van der Waals surface area contributed by atoms with Crippen LogP contribution in [-0.2, 0) is 10.0 Å². The number of aryl methyl sites for hydroxylation is 2. The molecule has 0 saturated heterocycles. The molecule has 0 bridgehead atoms. The lowest BCUT2D eigenvalue weighted by molar-refractivity contribution is 0.603. The van der Waals surface area contributed by atoms with Crippen molar-refractivity contribution in [1.82, 2.24) is 4.98 Å². The molecule has 1 aromatic heterocycles. The fraction of sp³-hybridized carbons (Fsp3) is 0.214. The van der Waals surface area contributed by atoms with E-state index in [0.717, 1.165) is 16.9 Å². The highest BCUT2D eigenvalue weighted by atomic mass is 32.2. The van der Waals surface area contributed by atoms with Crippen molar-refractivity contribution in [3.63, 3.8) is 0 Å². The van der Waals surface area contributed by atoms with Crippen LogP contribution >= 0.6 is 11.3 Å². The van der Waals surface area contributed by atoms with Crippen LogP contribution in [0.5, 0.6) is 0 Å². The standard InChI is InChI=1S/C14H15N3O2S2/c1-10-5-6-13(12(8-10)4-3-7-15)17-21(18,19)14-9-16-11(2)20-14/h5-6,8-9,17H,7,15H2,1-2H3. The van der Waals surface area contributed by atoms with Gasteiger partial charge < -0.3 is 5.73 Å². The van der Waals surface area contributed by atoms with Crippen LogP contribution in [0.2, 0.25) is 0 Å². The van der Waals surface area contributed by atoms with Crippen molar-refractivity contribution < 1.29 is 8.42 Å². The third-order valence-electron chi connectivity index (χ3n) is 2.61. The highest BCUT2D eigenvalue weighted by Crippen LogP contribution is 2.24. The Morgan fingerprint density at radius 3 is 2.76 bits per heavy atom. The molecule has 1 heterocycles. The summed E-state index contributed by atoms with van der Waals surface area (Å²) < 4.78 is 27.4. The van der Waals surface area contributed by atoms with Crippen LogP contribution in [0.1, 0.15) is 16.1 Å². The topological polar surface area (TPSA) is 85.1 Å². The second-order valence-corrected chi connectivity index (χ2v) is 7.50. The molecule has 0 spiro atoms. The van der Waals surface area contributed by atoms with Crippen LogP contribution in [0.3, 0.4) is 0 Å². The molecule has 5 nitrogen and oxygen atoms in total. The molecular weight excluding hydrogens is 306 g/mol. The summed E-state index contributed by atoms with van der Waals surface area (Å²) in [4.78, 5) is 3.97. The SMILES string of the molecule is Cc1ccc(NS(=O)(=O)c2cnc(C)s2)c(C#CCN)c1. The van der Waals surface area contributed by atoms with Crippen LogP contribution < -0.4 is 10.5 Å². The van der Waals surface area contributed by atoms with Gasteiger partial charge in [0.05, 0.1) is 23.4 Å². The summed E-state index contributed by atoms with van der Waals surface area (Å²) in [5.41, 5.74) is 7.40. The van der Waals surface area contributed by atoms with Crippen molar-refractivity contribution in [3.05, 3.63) is 40.5 Å². The molecule has 0 aliphatic carbocycles. The average Bonchev–Trinajstić information content (AvgIpc) is 2.86. The summed E-state index contributed by atoms with van der Waals surface area (Å²) in [7, 11) is -3.65. The number of thiazole rings is 1. The third-order valence-corrected chi connectivity index (χ3v) is 5.35. The predicted molar refractivity (Wildman–Crippen MR) is 84.8 cm³/mol. The summed E-state index contributed by atoms with van der Waals surface area (Å²) in [6.45, 7) is 3.89. The van der Waals surface area contributed by atoms with E-state index >= 15 is 0 Å². The van der Waals surface area contributed by atoms with Crippen molar-refractivity contribution in [2.24, 2.45) is 5.73 Å². The van der Waals surface area contributed by atoms with Gasteiger partial charge in [0, 0.05) is 5.56 Å². The van der Waals surface area contributed by atoms with Crippen molar-refractivity contribution in [2.45, 2.75) is 18.1 Å². The maximum absolute atomic E-state index is 12.3. The number of sulfonamides is 1. The van der Waals surface area contributed by atoms with E-state index in [9.17, 15) is 8.42 Å². The number of nitrogens with zero attached hydrogens (tertiary/aromatic N) is 1. The molecule has 7 heteroatoms. The van der Waals surface area contributed by atoms with Gasteiger partial charge in [-0.1, -0.05) is 17.9 Å². The molecular formula is C14H15N3O2S2. The maximum atomic E-state index is 12.3. The lowest BCUT2D eigenvalue weighted by Gasteiger charge is -2.09. The lowest BCUT2D eigenvalue weighted by Crippen LogP contribution is -2.12. The molecule has 0 radical (unpaired) electrons. The Morgan fingerprint density at radius 2 is 2.14 bits per heavy atom. The molecule has 0 amide bonds. The third kappa shape index (κ3) is 3.82. The largest absolute Gasteiger partial charge is 0.320 e. The summed E-state index contributed by atoms with van der Waals surface area (Å²) in [5, 5.41) is 0.697. The van der Waals surface area contributed by atoms with Gasteiger partial charge >= 0.3 is 0 Å². The summed E-state index contributed by atoms with van der Waals surface area (Å²) in [6.07, 6.45) is 1.35. The minimum absolute atomic E-state index is 0.179. The van der Waals surface area contributed by atoms with Gasteiger partial charge in [0.25, 0.3) is 10.0 Å². The molecule has 0 saturated carbocycles. The van der Waals surface area contributed by atoms with Crippen molar-refractivity contribution in [3.8, 4) is 11.8 Å². The van der Waals surface area contributed by atoms with E-state index in [1.54, 1.807) is 13.0 Å². The molecule has 2 rings (SSSR count). The zero-order valence-corrected chi connectivity index (χ0v) is 13.3. The van der Waals surface area contributed by atoms with E-state index in [1.165, 1.54) is 6.20 Å². The quantitative estimate of drug-likeness (QED) is 0.845. The van der Waals surface area contributed by atoms with Gasteiger partial charge in [-0.3, -0.25) is 4.72 Å². The number of hydrogen-bond acceptors (Lipinski definition) is 5. The normalized spacial score (nSPS) is 10.8. The first-order chi connectivity index (χ1) is 9.92.